The highest BCUT2D eigenvalue weighted by molar-refractivity contribution is 14.1. The van der Waals surface area contributed by atoms with E-state index in [0.29, 0.717) is 11.6 Å². The first kappa shape index (κ1) is 38.2. The zero-order valence-electron chi connectivity index (χ0n) is 25.4. The average molecular weight is 856 g/mol. The Balaban J connectivity index is 0.000000317. The molecule has 244 valence electrons. The third-order valence-corrected chi connectivity index (χ3v) is 7.92. The molecule has 0 fully saturated rings. The summed E-state index contributed by atoms with van der Waals surface area (Å²) in [4.78, 5) is 50.4. The summed E-state index contributed by atoms with van der Waals surface area (Å²) in [5.41, 5.74) is -0.965. The van der Waals surface area contributed by atoms with Gasteiger partial charge in [0, 0.05) is 45.1 Å². The molecule has 0 saturated carbocycles. The number of Topliss-reactive ketones (excluding diaryl/α,β-unsaturated/α-hetero) is 1. The van der Waals surface area contributed by atoms with Gasteiger partial charge >= 0.3 is 11.9 Å². The highest BCUT2D eigenvalue weighted by Crippen LogP contribution is 2.26. The molecule has 2 aromatic carbocycles. The molecule has 9 nitrogen and oxygen atoms in total. The number of aromatic nitrogens is 1. The third-order valence-electron chi connectivity index (χ3n) is 6.27. The fourth-order valence-corrected chi connectivity index (χ4v) is 5.04. The molecule has 0 aliphatic rings. The maximum absolute atomic E-state index is 14.0. The van der Waals surface area contributed by atoms with Crippen molar-refractivity contribution in [3.63, 3.8) is 0 Å². The van der Waals surface area contributed by atoms with Gasteiger partial charge in [0.2, 0.25) is 11.2 Å². The number of nitrogens with zero attached hydrogens (tertiary/aromatic N) is 2. The molecule has 3 aromatic rings. The second-order valence-corrected chi connectivity index (χ2v) is 12.4. The molecule has 14 heteroatoms. The van der Waals surface area contributed by atoms with E-state index in [9.17, 15) is 37.5 Å². The minimum absolute atomic E-state index is 0.0121. The summed E-state index contributed by atoms with van der Waals surface area (Å²) >= 11 is 3.44. The van der Waals surface area contributed by atoms with Crippen molar-refractivity contribution in [1.29, 1.82) is 0 Å². The zero-order valence-corrected chi connectivity index (χ0v) is 29.7. The van der Waals surface area contributed by atoms with E-state index in [2.05, 4.69) is 0 Å². The molecule has 0 saturated heterocycles. The van der Waals surface area contributed by atoms with Gasteiger partial charge in [0.25, 0.3) is 0 Å². The summed E-state index contributed by atoms with van der Waals surface area (Å²) in [7, 11) is 3.22. The van der Waals surface area contributed by atoms with Gasteiger partial charge in [0.15, 0.2) is 0 Å². The molecule has 0 spiro atoms. The van der Waals surface area contributed by atoms with Crippen LogP contribution in [0.2, 0.25) is 0 Å². The van der Waals surface area contributed by atoms with E-state index in [1.54, 1.807) is 77.7 Å². The standard InChI is InChI=1S/C17H19FINO4.C14H14F2INO3/c1-4-24-17(23)11-7-20(15(8-21)9(2)3)14-6-12(18)13(19)5-10(14)16(11)22;1-4-21-14(20)9(7-18(2)3)13(19)8-5-12(17)11(16)6-10(8)15/h5-7,9,15,21H,4,8H2,1-3H3;5-7H,4H2,1-3H3/t15-;/m1./s1. The van der Waals surface area contributed by atoms with Crippen molar-refractivity contribution >= 4 is 73.8 Å². The number of aliphatic hydroxyl groups excluding tert-OH is 1. The molecule has 0 bridgehead atoms. The number of aliphatic hydroxyl groups is 1. The van der Waals surface area contributed by atoms with Crippen LogP contribution >= 0.6 is 45.2 Å². The second-order valence-electron chi connectivity index (χ2n) is 10.1. The van der Waals surface area contributed by atoms with Crippen LogP contribution in [0.25, 0.3) is 10.9 Å². The number of benzene rings is 2. The number of rotatable bonds is 10. The predicted molar refractivity (Wildman–Crippen MR) is 180 cm³/mol. The normalized spacial score (nSPS) is 12.0. The lowest BCUT2D eigenvalue weighted by Crippen LogP contribution is -2.26. The van der Waals surface area contributed by atoms with E-state index in [4.69, 9.17) is 9.47 Å². The summed E-state index contributed by atoms with van der Waals surface area (Å²) in [6.45, 7) is 7.07. The Kier molecular flexibility index (Phi) is 14.5. The monoisotopic (exact) mass is 856 g/mol. The van der Waals surface area contributed by atoms with Crippen LogP contribution < -0.4 is 5.43 Å². The first-order chi connectivity index (χ1) is 21.1. The van der Waals surface area contributed by atoms with Crippen molar-refractivity contribution < 1.29 is 42.1 Å². The van der Waals surface area contributed by atoms with Crippen molar-refractivity contribution in [1.82, 2.24) is 9.47 Å². The zero-order chi connectivity index (χ0) is 34.2. The molecule has 0 radical (unpaired) electrons. The molecule has 1 aromatic heterocycles. The average Bonchev–Trinajstić information content (AvgIpc) is 2.96. The van der Waals surface area contributed by atoms with E-state index >= 15 is 0 Å². The molecule has 1 N–H and O–H groups in total. The minimum Gasteiger partial charge on any atom is -0.462 e. The number of fused-ring (bicyclic) bond motifs is 1. The maximum atomic E-state index is 14.0. The van der Waals surface area contributed by atoms with Gasteiger partial charge in [-0.1, -0.05) is 13.8 Å². The Bertz CT molecular complexity index is 1670. The van der Waals surface area contributed by atoms with Gasteiger partial charge in [-0.15, -0.1) is 0 Å². The van der Waals surface area contributed by atoms with Crippen molar-refractivity contribution in [3.05, 3.63) is 88.2 Å². The molecule has 1 atom stereocenters. The first-order valence-electron chi connectivity index (χ1n) is 13.7. The van der Waals surface area contributed by atoms with Gasteiger partial charge in [0.1, 0.15) is 28.6 Å². The number of ether oxygens (including phenoxy) is 2. The van der Waals surface area contributed by atoms with Crippen LogP contribution in [0.1, 0.15) is 54.5 Å². The highest BCUT2D eigenvalue weighted by atomic mass is 127. The number of carbonyl (C=O) groups excluding carboxylic acids is 3. The fourth-order valence-electron chi connectivity index (χ4n) is 4.11. The van der Waals surface area contributed by atoms with Crippen LogP contribution in [0, 0.1) is 30.5 Å². The molecule has 0 aliphatic carbocycles. The van der Waals surface area contributed by atoms with Crippen LogP contribution in [-0.4, -0.2) is 66.2 Å². The quantitative estimate of drug-likeness (QED) is 0.0513. The van der Waals surface area contributed by atoms with Crippen LogP contribution in [0.4, 0.5) is 13.2 Å². The summed E-state index contributed by atoms with van der Waals surface area (Å²) in [6, 6.07) is 3.96. The Morgan fingerprint density at radius 3 is 2.04 bits per heavy atom. The van der Waals surface area contributed by atoms with Crippen LogP contribution in [0.5, 0.6) is 0 Å². The van der Waals surface area contributed by atoms with E-state index < -0.39 is 46.6 Å². The summed E-state index contributed by atoms with van der Waals surface area (Å²) < 4.78 is 52.7. The summed E-state index contributed by atoms with van der Waals surface area (Å²) in [6.07, 6.45) is 2.60. The topological polar surface area (TPSA) is 115 Å². The van der Waals surface area contributed by atoms with Gasteiger partial charge < -0.3 is 24.0 Å². The van der Waals surface area contributed by atoms with Gasteiger partial charge in [-0.25, -0.2) is 22.8 Å². The number of esters is 2. The number of hydrogen-bond donors (Lipinski definition) is 1. The van der Waals surface area contributed by atoms with Crippen LogP contribution in [0.3, 0.4) is 0 Å². The van der Waals surface area contributed by atoms with Gasteiger partial charge in [0.05, 0.1) is 36.9 Å². The Labute approximate surface area is 285 Å². The van der Waals surface area contributed by atoms with Gasteiger partial charge in [-0.2, -0.15) is 0 Å². The third kappa shape index (κ3) is 9.51. The lowest BCUT2D eigenvalue weighted by atomic mass is 10.0. The summed E-state index contributed by atoms with van der Waals surface area (Å²) in [5.74, 6) is -4.66. The van der Waals surface area contributed by atoms with Gasteiger partial charge in [-0.3, -0.25) is 9.59 Å². The second kappa shape index (κ2) is 17.1. The predicted octanol–water partition coefficient (Wildman–Crippen LogP) is 5.87. The molecular weight excluding hydrogens is 823 g/mol. The van der Waals surface area contributed by atoms with Crippen molar-refractivity contribution in [2.24, 2.45) is 5.92 Å². The smallest absolute Gasteiger partial charge is 0.343 e. The van der Waals surface area contributed by atoms with E-state index in [1.165, 1.54) is 29.4 Å². The maximum Gasteiger partial charge on any atom is 0.343 e. The van der Waals surface area contributed by atoms with Crippen molar-refractivity contribution in [3.8, 4) is 0 Å². The molecule has 0 amide bonds. The number of hydrogen-bond acceptors (Lipinski definition) is 8. The lowest BCUT2D eigenvalue weighted by Gasteiger charge is -2.25. The Morgan fingerprint density at radius 2 is 1.51 bits per heavy atom. The first-order valence-corrected chi connectivity index (χ1v) is 15.8. The molecule has 0 aliphatic heterocycles. The number of ketones is 1. The van der Waals surface area contributed by atoms with E-state index in [1.807, 2.05) is 13.8 Å². The molecular formula is C31H33F3I2N2O7. The Morgan fingerprint density at radius 1 is 0.933 bits per heavy atom. The molecule has 45 heavy (non-hydrogen) atoms. The number of halogens is 5. The molecule has 0 unspecified atom stereocenters. The highest BCUT2D eigenvalue weighted by Gasteiger charge is 2.26. The minimum atomic E-state index is -1.02. The van der Waals surface area contributed by atoms with Crippen molar-refractivity contribution in [2.45, 2.75) is 33.7 Å². The fraction of sp³-hybridized carbons (Fsp3) is 0.355. The number of carbonyl (C=O) groups is 3. The Hall–Kier alpha value is -2.99. The van der Waals surface area contributed by atoms with Crippen LogP contribution in [0.15, 0.2) is 47.0 Å². The SMILES string of the molecule is CCOC(=O)C(=CN(C)C)C(=O)c1cc(I)c(F)cc1F.CCOC(=O)c1cn([C@H](CO)C(C)C)c2cc(F)c(I)cc2c1=O. The van der Waals surface area contributed by atoms with Crippen molar-refractivity contribution in [2.75, 3.05) is 33.9 Å². The molecule has 3 rings (SSSR count). The van der Waals surface area contributed by atoms with Gasteiger partial charge in [-0.05, 0) is 83.1 Å². The summed E-state index contributed by atoms with van der Waals surface area (Å²) in [5, 5.41) is 9.95. The van der Waals surface area contributed by atoms with Crippen LogP contribution in [-0.2, 0) is 14.3 Å². The van der Waals surface area contributed by atoms with E-state index in [0.717, 1.165) is 6.07 Å². The largest absolute Gasteiger partial charge is 0.462 e. The van der Waals surface area contributed by atoms with E-state index in [-0.39, 0.29) is 55.0 Å². The lowest BCUT2D eigenvalue weighted by molar-refractivity contribution is -0.138. The molecule has 1 heterocycles. The number of pyridine rings is 1.